The van der Waals surface area contributed by atoms with Crippen molar-refractivity contribution < 1.29 is 24.2 Å². The van der Waals surface area contributed by atoms with Gasteiger partial charge in [-0.25, -0.2) is 0 Å². The molecule has 1 fully saturated rings. The Morgan fingerprint density at radius 2 is 1.94 bits per heavy atom. The lowest BCUT2D eigenvalue weighted by atomic mass is 10.2. The Morgan fingerprint density at radius 1 is 1.22 bits per heavy atom. The number of hydrogen-bond acceptors (Lipinski definition) is 5. The van der Waals surface area contributed by atoms with E-state index in [0.717, 1.165) is 0 Å². The van der Waals surface area contributed by atoms with Crippen molar-refractivity contribution in [2.45, 2.75) is 12.5 Å². The molecule has 102 valence electrons. The smallest absolute Gasteiger partial charge is 0.322 e. The van der Waals surface area contributed by atoms with Crippen molar-refractivity contribution in [2.24, 2.45) is 0 Å². The van der Waals surface area contributed by atoms with E-state index in [2.05, 4.69) is 16.0 Å². The van der Waals surface area contributed by atoms with E-state index in [1.807, 2.05) is 0 Å². The summed E-state index contributed by atoms with van der Waals surface area (Å²) in [6.07, 6.45) is 0.228. The van der Waals surface area contributed by atoms with Crippen molar-refractivity contribution in [1.29, 1.82) is 0 Å². The van der Waals surface area contributed by atoms with Gasteiger partial charge in [-0.2, -0.15) is 0 Å². The molecule has 1 aliphatic rings. The van der Waals surface area contributed by atoms with E-state index in [1.165, 1.54) is 0 Å². The van der Waals surface area contributed by atoms with E-state index >= 15 is 0 Å². The Kier molecular flexibility index (Phi) is 6.09. The number of amides is 2. The van der Waals surface area contributed by atoms with Gasteiger partial charge in [0.15, 0.2) is 0 Å². The van der Waals surface area contributed by atoms with Crippen molar-refractivity contribution in [3.05, 3.63) is 0 Å². The topological polar surface area (TPSA) is 117 Å². The van der Waals surface area contributed by atoms with Gasteiger partial charge in [0.1, 0.15) is 6.54 Å². The van der Waals surface area contributed by atoms with Crippen LogP contribution in [-0.2, 0) is 19.1 Å². The summed E-state index contributed by atoms with van der Waals surface area (Å²) < 4.78 is 5.19. The van der Waals surface area contributed by atoms with Crippen LogP contribution in [0.1, 0.15) is 6.42 Å². The summed E-state index contributed by atoms with van der Waals surface area (Å²) in [6, 6.07) is -0.0409. The summed E-state index contributed by atoms with van der Waals surface area (Å²) in [5.74, 6) is -1.93. The molecule has 0 aliphatic carbocycles. The summed E-state index contributed by atoms with van der Waals surface area (Å²) >= 11 is 0. The molecule has 1 rings (SSSR count). The van der Waals surface area contributed by atoms with E-state index < -0.39 is 18.4 Å². The predicted molar refractivity (Wildman–Crippen MR) is 60.9 cm³/mol. The molecule has 0 spiro atoms. The van der Waals surface area contributed by atoms with Gasteiger partial charge in [-0.1, -0.05) is 0 Å². The van der Waals surface area contributed by atoms with Gasteiger partial charge in [-0.15, -0.1) is 0 Å². The van der Waals surface area contributed by atoms with Gasteiger partial charge in [0, 0.05) is 19.0 Å². The number of morpholine rings is 1. The Hall–Kier alpha value is -1.67. The van der Waals surface area contributed by atoms with Crippen LogP contribution in [0.3, 0.4) is 0 Å². The molecule has 1 saturated heterocycles. The minimum Gasteiger partial charge on any atom is -0.480 e. The summed E-state index contributed by atoms with van der Waals surface area (Å²) in [5.41, 5.74) is 0. The summed E-state index contributed by atoms with van der Waals surface area (Å²) in [6.45, 7) is 1.14. The van der Waals surface area contributed by atoms with Crippen LogP contribution in [0, 0.1) is 0 Å². The average molecular weight is 259 g/mol. The van der Waals surface area contributed by atoms with Crippen LogP contribution >= 0.6 is 0 Å². The second-order valence-electron chi connectivity index (χ2n) is 3.88. The third-order valence-electron chi connectivity index (χ3n) is 2.31. The quantitative estimate of drug-likeness (QED) is 0.425. The number of aliphatic carboxylic acids is 1. The Bertz CT molecular complexity index is 315. The van der Waals surface area contributed by atoms with Gasteiger partial charge in [0.25, 0.3) is 0 Å². The van der Waals surface area contributed by atoms with Gasteiger partial charge in [0.2, 0.25) is 11.8 Å². The van der Waals surface area contributed by atoms with Crippen LogP contribution in [0.4, 0.5) is 0 Å². The third kappa shape index (κ3) is 6.16. The van der Waals surface area contributed by atoms with Crippen molar-refractivity contribution in [2.75, 3.05) is 32.8 Å². The molecule has 1 atom stereocenters. The number of rotatable bonds is 6. The molecular formula is C10H17N3O5. The maximum atomic E-state index is 11.5. The highest BCUT2D eigenvalue weighted by molar-refractivity contribution is 5.86. The Morgan fingerprint density at radius 3 is 2.56 bits per heavy atom. The molecule has 8 nitrogen and oxygen atoms in total. The number of ether oxygens (including phenoxy) is 1. The highest BCUT2D eigenvalue weighted by Gasteiger charge is 2.17. The fourth-order valence-electron chi connectivity index (χ4n) is 1.46. The summed E-state index contributed by atoms with van der Waals surface area (Å²) in [7, 11) is 0. The summed E-state index contributed by atoms with van der Waals surface area (Å²) in [5, 5.41) is 16.0. The lowest BCUT2D eigenvalue weighted by molar-refractivity contribution is -0.137. The molecule has 4 N–H and O–H groups in total. The second kappa shape index (κ2) is 7.62. The van der Waals surface area contributed by atoms with Gasteiger partial charge in [-0.05, 0) is 0 Å². The maximum absolute atomic E-state index is 11.5. The number of carboxylic acids is 1. The number of carbonyl (C=O) groups is 3. The molecule has 0 saturated carbocycles. The molecule has 1 heterocycles. The molecule has 2 amide bonds. The number of nitrogens with one attached hydrogen (secondary N) is 3. The predicted octanol–water partition coefficient (Wildman–Crippen LogP) is -2.32. The Labute approximate surface area is 104 Å². The van der Waals surface area contributed by atoms with Crippen LogP contribution in [0.5, 0.6) is 0 Å². The van der Waals surface area contributed by atoms with Crippen molar-refractivity contribution >= 4 is 17.8 Å². The van der Waals surface area contributed by atoms with Gasteiger partial charge < -0.3 is 25.8 Å². The van der Waals surface area contributed by atoms with E-state index in [0.29, 0.717) is 19.8 Å². The molecule has 0 bridgehead atoms. The first-order valence-electron chi connectivity index (χ1n) is 5.64. The van der Waals surface area contributed by atoms with Gasteiger partial charge in [0.05, 0.1) is 19.8 Å². The van der Waals surface area contributed by atoms with Crippen LogP contribution in [0.25, 0.3) is 0 Å². The first-order chi connectivity index (χ1) is 8.58. The molecule has 8 heteroatoms. The Balaban J connectivity index is 2.12. The second-order valence-corrected chi connectivity index (χ2v) is 3.88. The SMILES string of the molecule is O=C(O)CNC(=O)CNC(=O)CC1COCCN1. The zero-order chi connectivity index (χ0) is 13.4. The standard InChI is InChI=1S/C10H17N3O5/c14-8(3-7-6-18-2-1-11-7)12-4-9(15)13-5-10(16)17/h7,11H,1-6H2,(H,12,14)(H,13,15)(H,16,17). The minimum atomic E-state index is -1.13. The van der Waals surface area contributed by atoms with Crippen LogP contribution in [0.2, 0.25) is 0 Å². The largest absolute Gasteiger partial charge is 0.480 e. The fraction of sp³-hybridized carbons (Fsp3) is 0.700. The zero-order valence-electron chi connectivity index (χ0n) is 9.90. The van der Waals surface area contributed by atoms with E-state index in [-0.39, 0.29) is 24.9 Å². The van der Waals surface area contributed by atoms with E-state index in [1.54, 1.807) is 0 Å². The molecule has 0 radical (unpaired) electrons. The highest BCUT2D eigenvalue weighted by atomic mass is 16.5. The zero-order valence-corrected chi connectivity index (χ0v) is 9.90. The monoisotopic (exact) mass is 259 g/mol. The first-order valence-corrected chi connectivity index (χ1v) is 5.64. The molecule has 0 aromatic heterocycles. The lowest BCUT2D eigenvalue weighted by Crippen LogP contribution is -2.45. The number of carbonyl (C=O) groups excluding carboxylic acids is 2. The van der Waals surface area contributed by atoms with E-state index in [9.17, 15) is 14.4 Å². The van der Waals surface area contributed by atoms with Crippen LogP contribution in [0.15, 0.2) is 0 Å². The minimum absolute atomic E-state index is 0.0409. The van der Waals surface area contributed by atoms with Gasteiger partial charge >= 0.3 is 5.97 Å². The van der Waals surface area contributed by atoms with Crippen molar-refractivity contribution in [1.82, 2.24) is 16.0 Å². The molecule has 1 unspecified atom stereocenters. The number of hydrogen-bond donors (Lipinski definition) is 4. The van der Waals surface area contributed by atoms with Crippen LogP contribution in [-0.4, -0.2) is 61.8 Å². The fourth-order valence-corrected chi connectivity index (χ4v) is 1.46. The molecule has 0 aromatic carbocycles. The van der Waals surface area contributed by atoms with Crippen molar-refractivity contribution in [3.63, 3.8) is 0 Å². The normalized spacial score (nSPS) is 19.0. The molecule has 0 aromatic rings. The number of carboxylic acid groups (broad SMARTS) is 1. The van der Waals surface area contributed by atoms with Crippen LogP contribution < -0.4 is 16.0 Å². The van der Waals surface area contributed by atoms with Gasteiger partial charge in [-0.3, -0.25) is 14.4 Å². The molecular weight excluding hydrogens is 242 g/mol. The first kappa shape index (κ1) is 14.4. The highest BCUT2D eigenvalue weighted by Crippen LogP contribution is 1.97. The average Bonchev–Trinajstić information content (AvgIpc) is 2.35. The van der Waals surface area contributed by atoms with Crippen molar-refractivity contribution in [3.8, 4) is 0 Å². The maximum Gasteiger partial charge on any atom is 0.322 e. The van der Waals surface area contributed by atoms with E-state index in [4.69, 9.17) is 9.84 Å². The summed E-state index contributed by atoms with van der Waals surface area (Å²) in [4.78, 5) is 32.7. The lowest BCUT2D eigenvalue weighted by Gasteiger charge is -2.23. The molecule has 18 heavy (non-hydrogen) atoms. The molecule has 1 aliphatic heterocycles. The third-order valence-corrected chi connectivity index (χ3v) is 2.31.